The van der Waals surface area contributed by atoms with Crippen LogP contribution in [0.1, 0.15) is 21.1 Å². The summed E-state index contributed by atoms with van der Waals surface area (Å²) < 4.78 is 5.29. The van der Waals surface area contributed by atoms with Crippen LogP contribution in [0.25, 0.3) is 6.08 Å². The minimum Gasteiger partial charge on any atom is -0.478 e. The standard InChI is InChI=1S/C15H17NO3S/c1-11-12(7-8-19-11)9-16(2)10-14-4-3-13(20-14)5-6-15(17)18/h3-8H,9-10H2,1-2H3,(H,17,18). The Bertz CT molecular complexity index is 612. The Hall–Kier alpha value is -1.85. The predicted molar refractivity (Wildman–Crippen MR) is 79.6 cm³/mol. The molecule has 2 aromatic rings. The molecule has 106 valence electrons. The Labute approximate surface area is 122 Å². The topological polar surface area (TPSA) is 53.7 Å². The normalized spacial score (nSPS) is 11.6. The average Bonchev–Trinajstić information content (AvgIpc) is 2.97. The summed E-state index contributed by atoms with van der Waals surface area (Å²) in [5, 5.41) is 8.60. The van der Waals surface area contributed by atoms with Crippen molar-refractivity contribution in [3.8, 4) is 0 Å². The number of carboxylic acid groups (broad SMARTS) is 1. The van der Waals surface area contributed by atoms with Gasteiger partial charge < -0.3 is 9.52 Å². The van der Waals surface area contributed by atoms with Gasteiger partial charge in [0.2, 0.25) is 0 Å². The Morgan fingerprint density at radius 2 is 2.20 bits per heavy atom. The van der Waals surface area contributed by atoms with Crippen LogP contribution in [0.5, 0.6) is 0 Å². The Morgan fingerprint density at radius 1 is 1.40 bits per heavy atom. The van der Waals surface area contributed by atoms with Crippen LogP contribution >= 0.6 is 11.3 Å². The van der Waals surface area contributed by atoms with Crippen molar-refractivity contribution in [1.29, 1.82) is 0 Å². The maximum Gasteiger partial charge on any atom is 0.328 e. The van der Waals surface area contributed by atoms with E-state index < -0.39 is 5.97 Å². The van der Waals surface area contributed by atoms with E-state index >= 15 is 0 Å². The van der Waals surface area contributed by atoms with Crippen molar-refractivity contribution in [3.63, 3.8) is 0 Å². The van der Waals surface area contributed by atoms with Crippen LogP contribution in [0, 0.1) is 6.92 Å². The molecular weight excluding hydrogens is 274 g/mol. The number of aliphatic carboxylic acids is 1. The molecule has 0 bridgehead atoms. The fourth-order valence-electron chi connectivity index (χ4n) is 1.91. The van der Waals surface area contributed by atoms with Gasteiger partial charge in [0.05, 0.1) is 6.26 Å². The SMILES string of the molecule is Cc1occc1CN(C)Cc1ccc(C=CC(=O)O)s1. The molecule has 2 heterocycles. The minimum absolute atomic E-state index is 0.830. The van der Waals surface area contributed by atoms with Gasteiger partial charge in [0.1, 0.15) is 5.76 Å². The van der Waals surface area contributed by atoms with E-state index in [-0.39, 0.29) is 0 Å². The van der Waals surface area contributed by atoms with Crippen LogP contribution in [-0.4, -0.2) is 23.0 Å². The summed E-state index contributed by atoms with van der Waals surface area (Å²) >= 11 is 1.60. The molecule has 0 fully saturated rings. The summed E-state index contributed by atoms with van der Waals surface area (Å²) in [5.41, 5.74) is 1.19. The molecule has 0 unspecified atom stereocenters. The van der Waals surface area contributed by atoms with E-state index in [0.717, 1.165) is 29.8 Å². The van der Waals surface area contributed by atoms with Crippen molar-refractivity contribution in [1.82, 2.24) is 4.90 Å². The van der Waals surface area contributed by atoms with Crippen LogP contribution < -0.4 is 0 Å². The lowest BCUT2D eigenvalue weighted by Crippen LogP contribution is -2.16. The van der Waals surface area contributed by atoms with Crippen LogP contribution in [0.15, 0.2) is 35.0 Å². The van der Waals surface area contributed by atoms with Gasteiger partial charge in [0.15, 0.2) is 0 Å². The highest BCUT2D eigenvalue weighted by Crippen LogP contribution is 2.20. The second-order valence-corrected chi connectivity index (χ2v) is 5.85. The third kappa shape index (κ3) is 4.08. The van der Waals surface area contributed by atoms with Gasteiger partial charge in [-0.25, -0.2) is 4.79 Å². The molecule has 0 aromatic carbocycles. The second-order valence-electron chi connectivity index (χ2n) is 4.65. The lowest BCUT2D eigenvalue weighted by Gasteiger charge is -2.14. The van der Waals surface area contributed by atoms with E-state index in [2.05, 4.69) is 11.9 Å². The van der Waals surface area contributed by atoms with Crippen molar-refractivity contribution < 1.29 is 14.3 Å². The minimum atomic E-state index is -0.924. The van der Waals surface area contributed by atoms with E-state index in [1.54, 1.807) is 23.7 Å². The van der Waals surface area contributed by atoms with Crippen molar-refractivity contribution in [2.75, 3.05) is 7.05 Å². The fraction of sp³-hybridized carbons (Fsp3) is 0.267. The first-order chi connectivity index (χ1) is 9.54. The van der Waals surface area contributed by atoms with Gasteiger partial charge in [-0.05, 0) is 38.2 Å². The van der Waals surface area contributed by atoms with Crippen molar-refractivity contribution in [2.24, 2.45) is 0 Å². The number of furan rings is 1. The van der Waals surface area contributed by atoms with Crippen LogP contribution in [0.3, 0.4) is 0 Å². The van der Waals surface area contributed by atoms with Crippen molar-refractivity contribution in [2.45, 2.75) is 20.0 Å². The molecule has 0 spiro atoms. The summed E-state index contributed by atoms with van der Waals surface area (Å²) in [6.07, 6.45) is 4.49. The molecule has 0 radical (unpaired) electrons. The van der Waals surface area contributed by atoms with E-state index in [0.29, 0.717) is 0 Å². The quantitative estimate of drug-likeness (QED) is 0.829. The van der Waals surface area contributed by atoms with Gasteiger partial charge in [-0.2, -0.15) is 0 Å². The lowest BCUT2D eigenvalue weighted by atomic mass is 10.2. The molecule has 0 saturated heterocycles. The highest BCUT2D eigenvalue weighted by atomic mass is 32.1. The molecule has 0 aliphatic carbocycles. The highest BCUT2D eigenvalue weighted by molar-refractivity contribution is 7.12. The molecule has 0 atom stereocenters. The zero-order chi connectivity index (χ0) is 14.5. The first-order valence-corrected chi connectivity index (χ1v) is 7.07. The van der Waals surface area contributed by atoms with Crippen molar-refractivity contribution >= 4 is 23.4 Å². The number of hydrogen-bond donors (Lipinski definition) is 1. The van der Waals surface area contributed by atoms with Gasteiger partial charge in [0.25, 0.3) is 0 Å². The molecule has 20 heavy (non-hydrogen) atoms. The second kappa shape index (κ2) is 6.54. The zero-order valence-corrected chi connectivity index (χ0v) is 12.3. The summed E-state index contributed by atoms with van der Waals surface area (Å²) in [6, 6.07) is 5.96. The first kappa shape index (κ1) is 14.6. The Kier molecular flexibility index (Phi) is 4.76. The number of carboxylic acids is 1. The van der Waals surface area contributed by atoms with Gasteiger partial charge >= 0.3 is 5.97 Å². The average molecular weight is 291 g/mol. The predicted octanol–water partition coefficient (Wildman–Crippen LogP) is 3.38. The van der Waals surface area contributed by atoms with Crippen LogP contribution in [0.4, 0.5) is 0 Å². The number of carbonyl (C=O) groups is 1. The molecule has 0 aliphatic rings. The summed E-state index contributed by atoms with van der Waals surface area (Å²) in [6.45, 7) is 3.62. The van der Waals surface area contributed by atoms with Gasteiger partial charge in [0, 0.05) is 34.5 Å². The van der Waals surface area contributed by atoms with Gasteiger partial charge in [-0.15, -0.1) is 11.3 Å². The van der Waals surface area contributed by atoms with E-state index in [4.69, 9.17) is 9.52 Å². The first-order valence-electron chi connectivity index (χ1n) is 6.26. The molecule has 4 nitrogen and oxygen atoms in total. The van der Waals surface area contributed by atoms with Gasteiger partial charge in [-0.3, -0.25) is 4.90 Å². The highest BCUT2D eigenvalue weighted by Gasteiger charge is 2.07. The Morgan fingerprint density at radius 3 is 2.85 bits per heavy atom. The summed E-state index contributed by atoms with van der Waals surface area (Å²) in [7, 11) is 2.05. The zero-order valence-electron chi connectivity index (χ0n) is 11.5. The lowest BCUT2D eigenvalue weighted by molar-refractivity contribution is -0.131. The molecular formula is C15H17NO3S. The largest absolute Gasteiger partial charge is 0.478 e. The fourth-order valence-corrected chi connectivity index (χ4v) is 2.91. The van der Waals surface area contributed by atoms with E-state index in [1.165, 1.54) is 10.4 Å². The number of nitrogens with zero attached hydrogens (tertiary/aromatic N) is 1. The number of hydrogen-bond acceptors (Lipinski definition) is 4. The molecule has 1 N–H and O–H groups in total. The maximum atomic E-state index is 10.5. The van der Waals surface area contributed by atoms with Crippen molar-refractivity contribution in [3.05, 3.63) is 51.6 Å². The Balaban J connectivity index is 1.93. The van der Waals surface area contributed by atoms with Gasteiger partial charge in [-0.1, -0.05) is 0 Å². The molecule has 0 aliphatic heterocycles. The molecule has 2 aromatic heterocycles. The molecule has 0 saturated carbocycles. The smallest absolute Gasteiger partial charge is 0.328 e. The maximum absolute atomic E-state index is 10.5. The molecule has 0 amide bonds. The third-order valence-corrected chi connectivity index (χ3v) is 3.94. The number of aryl methyl sites for hydroxylation is 1. The van der Waals surface area contributed by atoms with E-state index in [9.17, 15) is 4.79 Å². The third-order valence-electron chi connectivity index (χ3n) is 2.90. The number of thiophene rings is 1. The summed E-state index contributed by atoms with van der Waals surface area (Å²) in [4.78, 5) is 14.8. The number of rotatable bonds is 6. The van der Waals surface area contributed by atoms with Crippen LogP contribution in [0.2, 0.25) is 0 Å². The monoisotopic (exact) mass is 291 g/mol. The van der Waals surface area contributed by atoms with E-state index in [1.807, 2.05) is 25.1 Å². The molecule has 5 heteroatoms. The van der Waals surface area contributed by atoms with Crippen LogP contribution in [-0.2, 0) is 17.9 Å². The molecule has 2 rings (SSSR count). The summed E-state index contributed by atoms with van der Waals surface area (Å²) in [5.74, 6) is 0.0283.